The maximum Gasteiger partial charge on any atom is 0.273 e. The van der Waals surface area contributed by atoms with Crippen LogP contribution >= 0.6 is 12.2 Å². The summed E-state index contributed by atoms with van der Waals surface area (Å²) in [7, 11) is 1.55. The number of thiocarbonyl (C=S) groups is 1. The first-order valence-electron chi connectivity index (χ1n) is 6.16. The van der Waals surface area contributed by atoms with Crippen LogP contribution in [0.1, 0.15) is 35.5 Å². The van der Waals surface area contributed by atoms with Gasteiger partial charge >= 0.3 is 0 Å². The third-order valence-corrected chi connectivity index (χ3v) is 3.58. The second-order valence-corrected chi connectivity index (χ2v) is 5.10. The first-order chi connectivity index (χ1) is 9.11. The van der Waals surface area contributed by atoms with Crippen LogP contribution in [0, 0.1) is 5.92 Å². The van der Waals surface area contributed by atoms with E-state index in [1.807, 2.05) is 0 Å². The molecule has 104 valence electrons. The Kier molecular flexibility index (Phi) is 4.49. The van der Waals surface area contributed by atoms with Crippen molar-refractivity contribution < 1.29 is 14.1 Å². The highest BCUT2D eigenvalue weighted by atomic mass is 32.1. The van der Waals surface area contributed by atoms with Crippen LogP contribution in [0.2, 0.25) is 0 Å². The van der Waals surface area contributed by atoms with Gasteiger partial charge in [0.1, 0.15) is 6.61 Å². The number of methoxy groups -OCH3 is 1. The number of amides is 1. The lowest BCUT2D eigenvalue weighted by Gasteiger charge is -2.19. The van der Waals surface area contributed by atoms with E-state index in [-0.39, 0.29) is 23.6 Å². The van der Waals surface area contributed by atoms with E-state index in [9.17, 15) is 4.79 Å². The van der Waals surface area contributed by atoms with Gasteiger partial charge in [-0.1, -0.05) is 23.8 Å². The Morgan fingerprint density at radius 2 is 2.47 bits per heavy atom. The van der Waals surface area contributed by atoms with Crippen molar-refractivity contribution in [3.05, 3.63) is 17.5 Å². The number of hydrogen-bond donors (Lipinski definition) is 2. The van der Waals surface area contributed by atoms with Crippen molar-refractivity contribution in [2.75, 3.05) is 7.11 Å². The maximum atomic E-state index is 12.0. The molecule has 1 fully saturated rings. The lowest BCUT2D eigenvalue weighted by molar-refractivity contribution is 0.0924. The van der Waals surface area contributed by atoms with Gasteiger partial charge in [0.2, 0.25) is 0 Å². The third kappa shape index (κ3) is 3.30. The summed E-state index contributed by atoms with van der Waals surface area (Å²) in [5, 5.41) is 6.63. The van der Waals surface area contributed by atoms with Gasteiger partial charge in [-0.25, -0.2) is 0 Å². The zero-order valence-corrected chi connectivity index (χ0v) is 11.5. The fourth-order valence-electron chi connectivity index (χ4n) is 2.35. The van der Waals surface area contributed by atoms with Gasteiger partial charge in [0, 0.05) is 25.1 Å². The minimum absolute atomic E-state index is 0.00687. The summed E-state index contributed by atoms with van der Waals surface area (Å²) in [5.41, 5.74) is 5.93. The number of nitrogens with two attached hydrogens (primary N) is 1. The number of carbonyl (C=O) groups is 1. The highest BCUT2D eigenvalue weighted by molar-refractivity contribution is 7.80. The normalized spacial score (nSPS) is 22.4. The predicted molar refractivity (Wildman–Crippen MR) is 72.6 cm³/mol. The molecule has 0 bridgehead atoms. The molecule has 19 heavy (non-hydrogen) atoms. The Morgan fingerprint density at radius 1 is 1.68 bits per heavy atom. The van der Waals surface area contributed by atoms with Gasteiger partial charge in [-0.05, 0) is 12.8 Å². The molecular formula is C12H17N3O3S. The van der Waals surface area contributed by atoms with Crippen LogP contribution < -0.4 is 11.1 Å². The molecule has 7 heteroatoms. The van der Waals surface area contributed by atoms with E-state index in [0.29, 0.717) is 17.4 Å². The van der Waals surface area contributed by atoms with E-state index in [1.54, 1.807) is 13.2 Å². The molecule has 1 amide bonds. The molecule has 0 spiro atoms. The van der Waals surface area contributed by atoms with Crippen LogP contribution in [0.4, 0.5) is 0 Å². The Bertz CT molecular complexity index is 475. The van der Waals surface area contributed by atoms with Crippen LogP contribution in [-0.4, -0.2) is 29.2 Å². The Hall–Kier alpha value is -1.47. The molecule has 1 saturated carbocycles. The van der Waals surface area contributed by atoms with Gasteiger partial charge in [0.25, 0.3) is 5.91 Å². The van der Waals surface area contributed by atoms with Gasteiger partial charge < -0.3 is 20.3 Å². The predicted octanol–water partition coefficient (Wildman–Crippen LogP) is 1.01. The van der Waals surface area contributed by atoms with Crippen molar-refractivity contribution >= 4 is 23.1 Å². The van der Waals surface area contributed by atoms with E-state index in [2.05, 4.69) is 10.5 Å². The molecule has 0 saturated heterocycles. The van der Waals surface area contributed by atoms with Gasteiger partial charge in [-0.3, -0.25) is 4.79 Å². The van der Waals surface area contributed by atoms with E-state index < -0.39 is 0 Å². The molecule has 3 N–H and O–H groups in total. The molecule has 2 unspecified atom stereocenters. The second-order valence-electron chi connectivity index (χ2n) is 4.63. The highest BCUT2D eigenvalue weighted by Gasteiger charge is 2.31. The number of rotatable bonds is 5. The van der Waals surface area contributed by atoms with Crippen molar-refractivity contribution in [1.29, 1.82) is 0 Å². The molecule has 1 aliphatic rings. The van der Waals surface area contributed by atoms with Crippen molar-refractivity contribution in [3.63, 3.8) is 0 Å². The molecule has 1 aromatic heterocycles. The minimum Gasteiger partial charge on any atom is -0.393 e. The lowest BCUT2D eigenvalue weighted by Crippen LogP contribution is -2.41. The third-order valence-electron chi connectivity index (χ3n) is 3.28. The number of nitrogens with zero attached hydrogens (tertiary/aromatic N) is 1. The summed E-state index contributed by atoms with van der Waals surface area (Å²) in [6.07, 6.45) is 2.82. The van der Waals surface area contributed by atoms with E-state index >= 15 is 0 Å². The molecule has 6 nitrogen and oxygen atoms in total. The van der Waals surface area contributed by atoms with E-state index in [1.165, 1.54) is 0 Å². The van der Waals surface area contributed by atoms with Crippen molar-refractivity contribution in [1.82, 2.24) is 10.5 Å². The highest BCUT2D eigenvalue weighted by Crippen LogP contribution is 2.26. The molecule has 0 aliphatic heterocycles. The molecule has 2 atom stereocenters. The second kappa shape index (κ2) is 6.12. The van der Waals surface area contributed by atoms with Crippen LogP contribution in [-0.2, 0) is 11.3 Å². The van der Waals surface area contributed by atoms with Crippen molar-refractivity contribution in [3.8, 4) is 0 Å². The number of nitrogens with one attached hydrogen (secondary N) is 1. The van der Waals surface area contributed by atoms with Crippen molar-refractivity contribution in [2.45, 2.75) is 31.9 Å². The summed E-state index contributed by atoms with van der Waals surface area (Å²) in [5.74, 6) is 0.327. The molecule has 1 heterocycles. The molecule has 2 rings (SSSR count). The molecule has 1 aromatic rings. The average molecular weight is 283 g/mol. The van der Waals surface area contributed by atoms with Crippen LogP contribution in [0.3, 0.4) is 0 Å². The first kappa shape index (κ1) is 14.0. The van der Waals surface area contributed by atoms with Crippen LogP contribution in [0.15, 0.2) is 10.6 Å². The Balaban J connectivity index is 1.98. The average Bonchev–Trinajstić information content (AvgIpc) is 2.98. The topological polar surface area (TPSA) is 90.4 Å². The first-order valence-corrected chi connectivity index (χ1v) is 6.57. The van der Waals surface area contributed by atoms with Crippen molar-refractivity contribution in [2.24, 2.45) is 11.7 Å². The van der Waals surface area contributed by atoms with Gasteiger partial charge in [0.15, 0.2) is 11.5 Å². The largest absolute Gasteiger partial charge is 0.393 e. The number of hydrogen-bond acceptors (Lipinski definition) is 5. The monoisotopic (exact) mass is 283 g/mol. The van der Waals surface area contributed by atoms with Crippen LogP contribution in [0.5, 0.6) is 0 Å². The Labute approximate surface area is 116 Å². The molecular weight excluding hydrogens is 266 g/mol. The smallest absolute Gasteiger partial charge is 0.273 e. The fraction of sp³-hybridized carbons (Fsp3) is 0.583. The van der Waals surface area contributed by atoms with Gasteiger partial charge in [-0.15, -0.1) is 0 Å². The molecule has 1 aliphatic carbocycles. The minimum atomic E-state index is -0.265. The summed E-state index contributed by atoms with van der Waals surface area (Å²) in [4.78, 5) is 12.5. The molecule has 0 radical (unpaired) electrons. The maximum absolute atomic E-state index is 12.0. The Morgan fingerprint density at radius 3 is 3.16 bits per heavy atom. The summed E-state index contributed by atoms with van der Waals surface area (Å²) >= 11 is 5.02. The van der Waals surface area contributed by atoms with E-state index in [0.717, 1.165) is 19.3 Å². The van der Waals surface area contributed by atoms with Crippen LogP contribution in [0.25, 0.3) is 0 Å². The number of carbonyl (C=O) groups excluding carboxylic acids is 1. The molecule has 0 aromatic carbocycles. The summed E-state index contributed by atoms with van der Waals surface area (Å²) in [6.45, 7) is 0.291. The summed E-state index contributed by atoms with van der Waals surface area (Å²) < 4.78 is 9.88. The zero-order valence-electron chi connectivity index (χ0n) is 10.7. The lowest BCUT2D eigenvalue weighted by atomic mass is 10.0. The standard InChI is InChI=1S/C12H17N3O3S/c1-17-6-7-5-10(15-18-7)12(16)14-9-4-2-3-8(9)11(13)19/h5,8-9H,2-4,6H2,1H3,(H2,13,19)(H,14,16). The zero-order chi connectivity index (χ0) is 13.8. The van der Waals surface area contributed by atoms with Gasteiger partial charge in [-0.2, -0.15) is 0 Å². The number of ether oxygens (including phenoxy) is 1. The quantitative estimate of drug-likeness (QED) is 0.784. The van der Waals surface area contributed by atoms with E-state index in [4.69, 9.17) is 27.2 Å². The fourth-order valence-corrected chi connectivity index (χ4v) is 2.63. The number of aromatic nitrogens is 1. The summed E-state index contributed by atoms with van der Waals surface area (Å²) in [6, 6.07) is 1.57. The van der Waals surface area contributed by atoms with Gasteiger partial charge in [0.05, 0.1) is 4.99 Å². The SMILES string of the molecule is COCc1cc(C(=O)NC2CCCC2C(N)=S)no1.